The normalized spacial score (nSPS) is 15.5. The molecular weight excluding hydrogens is 362 g/mol. The van der Waals surface area contributed by atoms with Crippen molar-refractivity contribution in [3.8, 4) is 0 Å². The molecule has 0 saturated carbocycles. The van der Waals surface area contributed by atoms with Gasteiger partial charge >= 0.3 is 17.1 Å². The van der Waals surface area contributed by atoms with E-state index < -0.39 is 17.1 Å². The van der Waals surface area contributed by atoms with Gasteiger partial charge in [-0.3, -0.25) is 4.90 Å². The quantitative estimate of drug-likeness (QED) is 0.349. The van der Waals surface area contributed by atoms with Gasteiger partial charge in [-0.15, -0.1) is 0 Å². The van der Waals surface area contributed by atoms with Gasteiger partial charge in [0.25, 0.3) is 0 Å². The van der Waals surface area contributed by atoms with Gasteiger partial charge in [0, 0.05) is 26.4 Å². The third-order valence-corrected chi connectivity index (χ3v) is 14.1. The lowest BCUT2D eigenvalue weighted by Crippen LogP contribution is -2.67. The van der Waals surface area contributed by atoms with Crippen LogP contribution in [0.15, 0.2) is 0 Å². The van der Waals surface area contributed by atoms with Crippen LogP contribution in [0.4, 0.5) is 0 Å². The van der Waals surface area contributed by atoms with Crippen LogP contribution in [0.5, 0.6) is 0 Å². The zero-order valence-corrected chi connectivity index (χ0v) is 20.9. The van der Waals surface area contributed by atoms with Gasteiger partial charge in [0.2, 0.25) is 0 Å². The molecule has 0 aromatic rings. The lowest BCUT2D eigenvalue weighted by molar-refractivity contribution is 0.0991. The number of nitrogens with zero attached hydrogens (tertiary/aromatic N) is 1. The summed E-state index contributed by atoms with van der Waals surface area (Å²) >= 11 is 0. The lowest BCUT2D eigenvalue weighted by atomic mass is 10.4. The zero-order chi connectivity index (χ0) is 20.2. The third kappa shape index (κ3) is 6.12. The summed E-state index contributed by atoms with van der Waals surface area (Å²) in [5.41, 5.74) is 0.577. The first-order chi connectivity index (χ1) is 12.4. The average Bonchev–Trinajstić information content (AvgIpc) is 2.63. The predicted octanol–water partition coefficient (Wildman–Crippen LogP) is 4.62. The fourth-order valence-corrected chi connectivity index (χ4v) is 12.0. The zero-order valence-electron chi connectivity index (χ0n) is 18.9. The van der Waals surface area contributed by atoms with E-state index in [1.807, 2.05) is 0 Å². The van der Waals surface area contributed by atoms with Crippen molar-refractivity contribution < 1.29 is 17.7 Å². The molecule has 0 bridgehead atoms. The first kappa shape index (κ1) is 26.2. The SMILES string of the molecule is CCO[Si](CC)(OCC)C(CC)N(C)C(CC)[Si](CC)(OCC)OCC. The molecule has 5 nitrogen and oxygen atoms in total. The van der Waals surface area contributed by atoms with E-state index in [4.69, 9.17) is 17.7 Å². The maximum atomic E-state index is 6.36. The first-order valence-electron chi connectivity index (χ1n) is 10.7. The Morgan fingerprint density at radius 2 is 0.846 bits per heavy atom. The Morgan fingerprint density at radius 3 is 1.00 bits per heavy atom. The summed E-state index contributed by atoms with van der Waals surface area (Å²) in [4.78, 5) is 2.50. The molecule has 0 aliphatic heterocycles. The van der Waals surface area contributed by atoms with Gasteiger partial charge in [0.05, 0.1) is 11.3 Å². The summed E-state index contributed by atoms with van der Waals surface area (Å²) in [6.07, 6.45) is 2.03. The second-order valence-corrected chi connectivity index (χ2v) is 13.7. The van der Waals surface area contributed by atoms with E-state index >= 15 is 0 Å². The van der Waals surface area contributed by atoms with Crippen LogP contribution in [0.3, 0.4) is 0 Å². The van der Waals surface area contributed by atoms with Crippen LogP contribution >= 0.6 is 0 Å². The highest BCUT2D eigenvalue weighted by Crippen LogP contribution is 2.31. The number of rotatable bonds is 16. The van der Waals surface area contributed by atoms with Gasteiger partial charge < -0.3 is 17.7 Å². The minimum Gasteiger partial charge on any atom is -0.394 e. The van der Waals surface area contributed by atoms with Gasteiger partial charge in [-0.05, 0) is 59.7 Å². The molecule has 0 radical (unpaired) electrons. The second kappa shape index (κ2) is 13.4. The molecule has 0 N–H and O–H groups in total. The van der Waals surface area contributed by atoms with Crippen LogP contribution in [0.25, 0.3) is 0 Å². The number of hydrogen-bond acceptors (Lipinski definition) is 5. The highest BCUT2D eigenvalue weighted by Gasteiger charge is 2.52. The summed E-state index contributed by atoms with van der Waals surface area (Å²) < 4.78 is 25.5. The molecule has 0 aliphatic carbocycles. The van der Waals surface area contributed by atoms with E-state index in [1.165, 1.54) is 0 Å². The van der Waals surface area contributed by atoms with Crippen LogP contribution in [0.2, 0.25) is 12.1 Å². The molecule has 0 aromatic heterocycles. The molecule has 0 rings (SSSR count). The summed E-state index contributed by atoms with van der Waals surface area (Å²) in [5.74, 6) is 0. The van der Waals surface area contributed by atoms with E-state index in [-0.39, 0.29) is 11.3 Å². The summed E-state index contributed by atoms with van der Waals surface area (Å²) in [6, 6.07) is 1.91. The van der Waals surface area contributed by atoms with Gasteiger partial charge in [-0.1, -0.05) is 27.7 Å². The molecular formula is C19H45NO4Si2. The molecule has 0 aliphatic rings. The van der Waals surface area contributed by atoms with Crippen molar-refractivity contribution in [2.45, 2.75) is 91.6 Å². The van der Waals surface area contributed by atoms with Crippen molar-refractivity contribution in [1.29, 1.82) is 0 Å². The van der Waals surface area contributed by atoms with E-state index in [0.29, 0.717) is 26.4 Å². The molecule has 2 unspecified atom stereocenters. The van der Waals surface area contributed by atoms with E-state index in [0.717, 1.165) is 24.9 Å². The van der Waals surface area contributed by atoms with E-state index in [2.05, 4.69) is 67.3 Å². The van der Waals surface area contributed by atoms with Crippen molar-refractivity contribution in [3.63, 3.8) is 0 Å². The van der Waals surface area contributed by atoms with Gasteiger partial charge in [-0.25, -0.2) is 0 Å². The van der Waals surface area contributed by atoms with Crippen molar-refractivity contribution >= 4 is 17.1 Å². The highest BCUT2D eigenvalue weighted by atomic mass is 28.4. The van der Waals surface area contributed by atoms with Crippen LogP contribution in [-0.2, 0) is 17.7 Å². The third-order valence-electron chi connectivity index (χ3n) is 5.31. The second-order valence-electron chi connectivity index (χ2n) is 6.58. The maximum absolute atomic E-state index is 6.36. The smallest absolute Gasteiger partial charge is 0.355 e. The molecule has 0 fully saturated rings. The van der Waals surface area contributed by atoms with Crippen LogP contribution < -0.4 is 0 Å². The molecule has 158 valence electrons. The predicted molar refractivity (Wildman–Crippen MR) is 115 cm³/mol. The standard InChI is InChI=1S/C19H45NO4Si2/c1-10-18(25(16-7,21-12-3)22-13-4)20(9)19(11-2)26(17-8,23-14-5)24-15-6/h18-19H,10-17H2,1-9H3. The Balaban J connectivity index is 5.94. The molecule has 7 heteroatoms. The van der Waals surface area contributed by atoms with Gasteiger partial charge in [-0.2, -0.15) is 0 Å². The topological polar surface area (TPSA) is 40.2 Å². The highest BCUT2D eigenvalue weighted by molar-refractivity contribution is 6.70. The van der Waals surface area contributed by atoms with Crippen molar-refractivity contribution in [1.82, 2.24) is 4.90 Å². The molecule has 0 aromatic carbocycles. The van der Waals surface area contributed by atoms with Crippen LogP contribution in [0, 0.1) is 0 Å². The molecule has 0 heterocycles. The van der Waals surface area contributed by atoms with E-state index in [9.17, 15) is 0 Å². The van der Waals surface area contributed by atoms with Crippen LogP contribution in [0.1, 0.15) is 68.2 Å². The summed E-state index contributed by atoms with van der Waals surface area (Å²) in [5, 5.41) is 0. The van der Waals surface area contributed by atoms with Crippen molar-refractivity contribution in [2.75, 3.05) is 33.5 Å². The van der Waals surface area contributed by atoms with Gasteiger partial charge in [0.1, 0.15) is 0 Å². The van der Waals surface area contributed by atoms with Crippen molar-refractivity contribution in [2.24, 2.45) is 0 Å². The fourth-order valence-electron chi connectivity index (χ4n) is 4.36. The Bertz CT molecular complexity index is 316. The molecule has 0 saturated heterocycles. The maximum Gasteiger partial charge on any atom is 0.355 e. The van der Waals surface area contributed by atoms with Gasteiger partial charge in [0.15, 0.2) is 0 Å². The fraction of sp³-hybridized carbons (Fsp3) is 1.00. The lowest BCUT2D eigenvalue weighted by Gasteiger charge is -2.48. The number of hydrogen-bond donors (Lipinski definition) is 0. The Kier molecular flexibility index (Phi) is 13.5. The minimum atomic E-state index is -2.34. The average molecular weight is 408 g/mol. The largest absolute Gasteiger partial charge is 0.394 e. The molecule has 0 spiro atoms. The Labute approximate surface area is 165 Å². The summed E-state index contributed by atoms with van der Waals surface area (Å²) in [6.45, 7) is 20.0. The molecule has 0 amide bonds. The first-order valence-corrected chi connectivity index (χ1v) is 14.9. The molecule has 2 atom stereocenters. The Hall–Kier alpha value is 0.234. The van der Waals surface area contributed by atoms with E-state index in [1.54, 1.807) is 0 Å². The van der Waals surface area contributed by atoms with Crippen molar-refractivity contribution in [3.05, 3.63) is 0 Å². The monoisotopic (exact) mass is 407 g/mol. The Morgan fingerprint density at radius 1 is 0.577 bits per heavy atom. The summed E-state index contributed by atoms with van der Waals surface area (Å²) in [7, 11) is -2.45. The minimum absolute atomic E-state index is 0.289. The van der Waals surface area contributed by atoms with Crippen LogP contribution in [-0.4, -0.2) is 66.8 Å². The molecule has 26 heavy (non-hydrogen) atoms.